The van der Waals surface area contributed by atoms with Crippen molar-refractivity contribution in [2.24, 2.45) is 0 Å². The molecule has 1 atom stereocenters. The van der Waals surface area contributed by atoms with Crippen LogP contribution in [0.1, 0.15) is 47.8 Å². The lowest BCUT2D eigenvalue weighted by Gasteiger charge is -2.35. The van der Waals surface area contributed by atoms with Gasteiger partial charge in [-0.1, -0.05) is 36.8 Å². The normalized spacial score (nSPS) is 15.2. The van der Waals surface area contributed by atoms with E-state index in [0.29, 0.717) is 13.0 Å². The molecule has 0 saturated carbocycles. The number of likely N-dealkylation sites (tertiary alicyclic amines) is 1. The number of rotatable bonds is 8. The van der Waals surface area contributed by atoms with Crippen LogP contribution >= 0.6 is 0 Å². The Hall–Kier alpha value is -3.12. The standard InChI is InChI=1S/C27H34N4O2/c1-20-25(21(2)31(29-20)23-10-6-4-7-11-23)18-27(32)28-19-26(30-16-8-5-9-17-30)22-12-14-24(33-3)15-13-22/h4,6-7,10-15,26H,5,8-9,16-19H2,1-3H3,(H,28,32). The number of benzene rings is 2. The molecule has 1 fully saturated rings. The molecule has 33 heavy (non-hydrogen) atoms. The molecule has 0 bridgehead atoms. The number of piperidine rings is 1. The SMILES string of the molecule is COc1ccc(C(CNC(=O)Cc2c(C)nn(-c3ccccc3)c2C)N2CCCCC2)cc1. The summed E-state index contributed by atoms with van der Waals surface area (Å²) in [6.45, 7) is 6.73. The van der Waals surface area contributed by atoms with E-state index >= 15 is 0 Å². The summed E-state index contributed by atoms with van der Waals surface area (Å²) in [5, 5.41) is 7.89. The number of aryl methyl sites for hydroxylation is 1. The minimum Gasteiger partial charge on any atom is -0.497 e. The second-order valence-corrected chi connectivity index (χ2v) is 8.76. The molecule has 6 heteroatoms. The van der Waals surface area contributed by atoms with Gasteiger partial charge in [0.05, 0.1) is 31.0 Å². The number of hydrogen-bond acceptors (Lipinski definition) is 4. The van der Waals surface area contributed by atoms with Crippen LogP contribution in [0.2, 0.25) is 0 Å². The molecule has 1 unspecified atom stereocenters. The summed E-state index contributed by atoms with van der Waals surface area (Å²) in [7, 11) is 1.68. The van der Waals surface area contributed by atoms with Crippen LogP contribution in [0.4, 0.5) is 0 Å². The minimum absolute atomic E-state index is 0.0318. The predicted octanol–water partition coefficient (Wildman–Crippen LogP) is 4.38. The van der Waals surface area contributed by atoms with Crippen LogP contribution in [0.5, 0.6) is 5.75 Å². The van der Waals surface area contributed by atoms with Crippen molar-refractivity contribution >= 4 is 5.91 Å². The van der Waals surface area contributed by atoms with Crippen molar-refractivity contribution in [1.29, 1.82) is 0 Å². The zero-order chi connectivity index (χ0) is 23.2. The maximum atomic E-state index is 13.0. The number of methoxy groups -OCH3 is 1. The molecule has 2 aromatic carbocycles. The van der Waals surface area contributed by atoms with Crippen LogP contribution in [0.3, 0.4) is 0 Å². The van der Waals surface area contributed by atoms with Crippen molar-refractivity contribution in [1.82, 2.24) is 20.0 Å². The highest BCUT2D eigenvalue weighted by atomic mass is 16.5. The van der Waals surface area contributed by atoms with E-state index in [9.17, 15) is 4.79 Å². The number of aromatic nitrogens is 2. The van der Waals surface area contributed by atoms with Crippen molar-refractivity contribution in [3.05, 3.63) is 77.1 Å². The summed E-state index contributed by atoms with van der Waals surface area (Å²) in [6.07, 6.45) is 4.03. The van der Waals surface area contributed by atoms with Crippen molar-refractivity contribution in [3.8, 4) is 11.4 Å². The fraction of sp³-hybridized carbons (Fsp3) is 0.407. The van der Waals surface area contributed by atoms with E-state index in [4.69, 9.17) is 4.74 Å². The van der Waals surface area contributed by atoms with Gasteiger partial charge in [0.2, 0.25) is 5.91 Å². The maximum Gasteiger partial charge on any atom is 0.224 e. The van der Waals surface area contributed by atoms with Gasteiger partial charge in [-0.15, -0.1) is 0 Å². The topological polar surface area (TPSA) is 59.4 Å². The van der Waals surface area contributed by atoms with Crippen molar-refractivity contribution in [2.45, 2.75) is 45.6 Å². The van der Waals surface area contributed by atoms with Crippen molar-refractivity contribution in [3.63, 3.8) is 0 Å². The Bertz CT molecular complexity index is 1050. The average Bonchev–Trinajstić information content (AvgIpc) is 3.14. The van der Waals surface area contributed by atoms with Gasteiger partial charge in [0.1, 0.15) is 5.75 Å². The molecule has 1 aliphatic heterocycles. The molecule has 0 aliphatic carbocycles. The number of amides is 1. The highest BCUT2D eigenvalue weighted by Crippen LogP contribution is 2.26. The summed E-state index contributed by atoms with van der Waals surface area (Å²) < 4.78 is 7.25. The second kappa shape index (κ2) is 10.7. The lowest BCUT2D eigenvalue weighted by molar-refractivity contribution is -0.120. The number of carbonyl (C=O) groups is 1. The fourth-order valence-electron chi connectivity index (χ4n) is 4.70. The van der Waals surface area contributed by atoms with E-state index < -0.39 is 0 Å². The van der Waals surface area contributed by atoms with Gasteiger partial charge < -0.3 is 10.1 Å². The summed E-state index contributed by atoms with van der Waals surface area (Å²) in [5.74, 6) is 0.880. The van der Waals surface area contributed by atoms with Gasteiger partial charge in [0.25, 0.3) is 0 Å². The molecule has 174 valence electrons. The molecule has 1 aliphatic rings. The highest BCUT2D eigenvalue weighted by Gasteiger charge is 2.24. The molecule has 0 spiro atoms. The second-order valence-electron chi connectivity index (χ2n) is 8.76. The number of carbonyl (C=O) groups excluding carboxylic acids is 1. The van der Waals surface area contributed by atoms with Crippen LogP contribution in [0.25, 0.3) is 5.69 Å². The molecule has 0 radical (unpaired) electrons. The predicted molar refractivity (Wildman–Crippen MR) is 131 cm³/mol. The summed E-state index contributed by atoms with van der Waals surface area (Å²) in [4.78, 5) is 15.5. The van der Waals surface area contributed by atoms with Gasteiger partial charge in [-0.25, -0.2) is 4.68 Å². The van der Waals surface area contributed by atoms with Crippen molar-refractivity contribution in [2.75, 3.05) is 26.7 Å². The van der Waals surface area contributed by atoms with E-state index in [1.54, 1.807) is 7.11 Å². The average molecular weight is 447 g/mol. The molecule has 4 rings (SSSR count). The van der Waals surface area contributed by atoms with E-state index in [1.807, 2.05) is 61.0 Å². The van der Waals surface area contributed by atoms with E-state index in [-0.39, 0.29) is 11.9 Å². The maximum absolute atomic E-state index is 13.0. The Morgan fingerprint density at radius 3 is 2.39 bits per heavy atom. The van der Waals surface area contributed by atoms with Crippen LogP contribution in [-0.2, 0) is 11.2 Å². The van der Waals surface area contributed by atoms with E-state index in [2.05, 4.69) is 27.4 Å². The summed E-state index contributed by atoms with van der Waals surface area (Å²) in [6, 6.07) is 18.4. The van der Waals surface area contributed by atoms with Crippen LogP contribution < -0.4 is 10.1 Å². The van der Waals surface area contributed by atoms with Crippen LogP contribution in [0.15, 0.2) is 54.6 Å². The van der Waals surface area contributed by atoms with E-state index in [0.717, 1.165) is 41.5 Å². The molecule has 1 N–H and O–H groups in total. The first-order chi connectivity index (χ1) is 16.1. The molecule has 1 aromatic heterocycles. The zero-order valence-electron chi connectivity index (χ0n) is 19.9. The monoisotopic (exact) mass is 446 g/mol. The van der Waals surface area contributed by atoms with Crippen LogP contribution in [-0.4, -0.2) is 47.3 Å². The van der Waals surface area contributed by atoms with Gasteiger partial charge in [-0.05, 0) is 69.6 Å². The lowest BCUT2D eigenvalue weighted by atomic mass is 10.0. The molecule has 2 heterocycles. The summed E-state index contributed by atoms with van der Waals surface area (Å²) >= 11 is 0. The summed E-state index contributed by atoms with van der Waals surface area (Å²) in [5.41, 5.74) is 5.12. The largest absolute Gasteiger partial charge is 0.497 e. The highest BCUT2D eigenvalue weighted by molar-refractivity contribution is 5.79. The molecular weight excluding hydrogens is 412 g/mol. The minimum atomic E-state index is 0.0318. The smallest absolute Gasteiger partial charge is 0.224 e. The van der Waals surface area contributed by atoms with Gasteiger partial charge in [-0.3, -0.25) is 9.69 Å². The Morgan fingerprint density at radius 2 is 1.73 bits per heavy atom. The third-order valence-electron chi connectivity index (χ3n) is 6.60. The third-order valence-corrected chi connectivity index (χ3v) is 6.60. The number of para-hydroxylation sites is 1. The fourth-order valence-corrected chi connectivity index (χ4v) is 4.70. The first-order valence-electron chi connectivity index (χ1n) is 11.8. The quantitative estimate of drug-likeness (QED) is 0.558. The van der Waals surface area contributed by atoms with Crippen molar-refractivity contribution < 1.29 is 9.53 Å². The Balaban J connectivity index is 1.46. The lowest BCUT2D eigenvalue weighted by Crippen LogP contribution is -2.41. The Labute approximate surface area is 196 Å². The molecule has 6 nitrogen and oxygen atoms in total. The van der Waals surface area contributed by atoms with Gasteiger partial charge >= 0.3 is 0 Å². The molecule has 1 amide bonds. The first-order valence-corrected chi connectivity index (χ1v) is 11.8. The zero-order valence-corrected chi connectivity index (χ0v) is 19.9. The number of hydrogen-bond donors (Lipinski definition) is 1. The molecule has 1 saturated heterocycles. The first kappa shape index (κ1) is 23.1. The number of ether oxygens (including phenoxy) is 1. The Kier molecular flexibility index (Phi) is 7.45. The number of nitrogens with one attached hydrogen (secondary N) is 1. The van der Waals surface area contributed by atoms with Gasteiger partial charge in [0.15, 0.2) is 0 Å². The Morgan fingerprint density at radius 1 is 1.03 bits per heavy atom. The van der Waals surface area contributed by atoms with E-state index in [1.165, 1.54) is 24.8 Å². The third kappa shape index (κ3) is 5.45. The molecule has 3 aromatic rings. The van der Waals surface area contributed by atoms with Gasteiger partial charge in [-0.2, -0.15) is 5.10 Å². The van der Waals surface area contributed by atoms with Crippen LogP contribution in [0, 0.1) is 13.8 Å². The van der Waals surface area contributed by atoms with Gasteiger partial charge in [0, 0.05) is 17.8 Å². The number of nitrogens with zero attached hydrogens (tertiary/aromatic N) is 3. The molecular formula is C27H34N4O2.